The van der Waals surface area contributed by atoms with Crippen molar-refractivity contribution in [1.29, 1.82) is 0 Å². The number of para-hydroxylation sites is 2. The lowest BCUT2D eigenvalue weighted by Crippen LogP contribution is -2.24. The molecule has 0 aliphatic rings. The van der Waals surface area contributed by atoms with Gasteiger partial charge in [-0.15, -0.1) is 0 Å². The van der Waals surface area contributed by atoms with Gasteiger partial charge in [0.1, 0.15) is 5.75 Å². The SMILES string of the molecule is COc1ccccc1NC(N)=NCCC(=O)Nc1ccc(C)cc1Cl. The lowest BCUT2D eigenvalue weighted by molar-refractivity contribution is -0.116. The van der Waals surface area contributed by atoms with Crippen molar-refractivity contribution in [2.24, 2.45) is 10.7 Å². The first-order valence-electron chi connectivity index (χ1n) is 7.75. The van der Waals surface area contributed by atoms with Gasteiger partial charge in [0.05, 0.1) is 30.1 Å². The molecule has 0 aromatic heterocycles. The standard InChI is InChI=1S/C18H21ClN4O2/c1-12-7-8-14(13(19)11-12)22-17(24)9-10-21-18(20)23-15-5-3-4-6-16(15)25-2/h3-8,11H,9-10H2,1-2H3,(H,22,24)(H3,20,21,23). The highest BCUT2D eigenvalue weighted by Crippen LogP contribution is 2.23. The van der Waals surface area contributed by atoms with Crippen LogP contribution < -0.4 is 21.1 Å². The average Bonchev–Trinajstić information content (AvgIpc) is 2.58. The number of methoxy groups -OCH3 is 1. The Kier molecular flexibility index (Phi) is 6.65. The van der Waals surface area contributed by atoms with E-state index in [-0.39, 0.29) is 24.8 Å². The van der Waals surface area contributed by atoms with Crippen LogP contribution in [0.25, 0.3) is 0 Å². The lowest BCUT2D eigenvalue weighted by atomic mass is 10.2. The Morgan fingerprint density at radius 1 is 1.20 bits per heavy atom. The summed E-state index contributed by atoms with van der Waals surface area (Å²) in [7, 11) is 1.58. The van der Waals surface area contributed by atoms with Gasteiger partial charge in [-0.2, -0.15) is 0 Å². The molecule has 2 aromatic rings. The third-order valence-electron chi connectivity index (χ3n) is 3.39. The number of guanidine groups is 1. The van der Waals surface area contributed by atoms with E-state index in [1.807, 2.05) is 37.3 Å². The molecule has 2 rings (SSSR count). The van der Waals surface area contributed by atoms with E-state index in [0.29, 0.717) is 22.1 Å². The number of halogens is 1. The number of hydrogen-bond donors (Lipinski definition) is 3. The maximum Gasteiger partial charge on any atom is 0.226 e. The monoisotopic (exact) mass is 360 g/mol. The number of nitrogens with zero attached hydrogens (tertiary/aromatic N) is 1. The van der Waals surface area contributed by atoms with Crippen molar-refractivity contribution >= 4 is 34.8 Å². The molecule has 6 nitrogen and oxygen atoms in total. The van der Waals surface area contributed by atoms with Crippen LogP contribution in [-0.4, -0.2) is 25.5 Å². The van der Waals surface area contributed by atoms with Crippen molar-refractivity contribution in [1.82, 2.24) is 0 Å². The van der Waals surface area contributed by atoms with Gasteiger partial charge in [0, 0.05) is 6.42 Å². The zero-order valence-electron chi connectivity index (χ0n) is 14.2. The molecule has 25 heavy (non-hydrogen) atoms. The second-order valence-corrected chi connectivity index (χ2v) is 5.78. The fraction of sp³-hybridized carbons (Fsp3) is 0.222. The molecule has 4 N–H and O–H groups in total. The van der Waals surface area contributed by atoms with Gasteiger partial charge in [-0.1, -0.05) is 29.8 Å². The molecule has 0 unspecified atom stereocenters. The molecule has 0 bridgehead atoms. The zero-order chi connectivity index (χ0) is 18.2. The Morgan fingerprint density at radius 3 is 2.68 bits per heavy atom. The predicted molar refractivity (Wildman–Crippen MR) is 103 cm³/mol. The van der Waals surface area contributed by atoms with Crippen LogP contribution in [0.2, 0.25) is 5.02 Å². The summed E-state index contributed by atoms with van der Waals surface area (Å²) >= 11 is 6.09. The van der Waals surface area contributed by atoms with E-state index in [1.54, 1.807) is 19.2 Å². The van der Waals surface area contributed by atoms with Crippen LogP contribution in [0.5, 0.6) is 5.75 Å². The Hall–Kier alpha value is -2.73. The zero-order valence-corrected chi connectivity index (χ0v) is 14.9. The van der Waals surface area contributed by atoms with Gasteiger partial charge < -0.3 is 21.1 Å². The van der Waals surface area contributed by atoms with Crippen molar-refractivity contribution in [2.75, 3.05) is 24.3 Å². The first-order chi connectivity index (χ1) is 12.0. The summed E-state index contributed by atoms with van der Waals surface area (Å²) in [4.78, 5) is 16.1. The number of nitrogens with two attached hydrogens (primary N) is 1. The van der Waals surface area contributed by atoms with Crippen molar-refractivity contribution in [3.63, 3.8) is 0 Å². The summed E-state index contributed by atoms with van der Waals surface area (Å²) in [5, 5.41) is 6.22. The Bertz CT molecular complexity index is 777. The molecule has 0 aliphatic heterocycles. The highest BCUT2D eigenvalue weighted by atomic mass is 35.5. The molecule has 0 radical (unpaired) electrons. The Morgan fingerprint density at radius 2 is 1.96 bits per heavy atom. The number of amides is 1. The van der Waals surface area contributed by atoms with Crippen LogP contribution in [0.3, 0.4) is 0 Å². The van der Waals surface area contributed by atoms with Crippen LogP contribution in [0.1, 0.15) is 12.0 Å². The maximum atomic E-state index is 12.0. The van der Waals surface area contributed by atoms with E-state index in [9.17, 15) is 4.79 Å². The molecule has 0 atom stereocenters. The van der Waals surface area contributed by atoms with Crippen LogP contribution in [-0.2, 0) is 4.79 Å². The molecule has 2 aromatic carbocycles. The number of anilines is 2. The van der Waals surface area contributed by atoms with Crippen LogP contribution >= 0.6 is 11.6 Å². The number of benzene rings is 2. The molecular weight excluding hydrogens is 340 g/mol. The van der Waals surface area contributed by atoms with Crippen LogP contribution in [0.4, 0.5) is 11.4 Å². The molecule has 0 saturated carbocycles. The number of aryl methyl sites for hydroxylation is 1. The van der Waals surface area contributed by atoms with Gasteiger partial charge in [-0.05, 0) is 36.8 Å². The van der Waals surface area contributed by atoms with Crippen LogP contribution in [0, 0.1) is 6.92 Å². The van der Waals surface area contributed by atoms with E-state index in [1.165, 1.54) is 0 Å². The highest BCUT2D eigenvalue weighted by molar-refractivity contribution is 6.33. The first kappa shape index (κ1) is 18.6. The van der Waals surface area contributed by atoms with Crippen molar-refractivity contribution in [3.05, 3.63) is 53.1 Å². The molecule has 0 saturated heterocycles. The fourth-order valence-electron chi connectivity index (χ4n) is 2.14. The number of rotatable bonds is 6. The van der Waals surface area contributed by atoms with E-state index < -0.39 is 0 Å². The number of aliphatic imine (C=N–C) groups is 1. The smallest absolute Gasteiger partial charge is 0.226 e. The molecule has 0 heterocycles. The lowest BCUT2D eigenvalue weighted by Gasteiger charge is -2.10. The molecule has 0 fully saturated rings. The number of nitrogens with one attached hydrogen (secondary N) is 2. The fourth-order valence-corrected chi connectivity index (χ4v) is 2.42. The molecule has 0 aliphatic carbocycles. The van der Waals surface area contributed by atoms with E-state index in [0.717, 1.165) is 5.56 Å². The summed E-state index contributed by atoms with van der Waals surface area (Å²) in [5.41, 5.74) is 8.16. The van der Waals surface area contributed by atoms with Gasteiger partial charge in [-0.25, -0.2) is 0 Å². The van der Waals surface area contributed by atoms with Crippen molar-refractivity contribution in [2.45, 2.75) is 13.3 Å². The van der Waals surface area contributed by atoms with Gasteiger partial charge in [0.2, 0.25) is 5.91 Å². The summed E-state index contributed by atoms with van der Waals surface area (Å²) in [6, 6.07) is 12.8. The number of carbonyl (C=O) groups excluding carboxylic acids is 1. The normalized spacial score (nSPS) is 11.1. The quantitative estimate of drug-likeness (QED) is 0.544. The second-order valence-electron chi connectivity index (χ2n) is 5.37. The average molecular weight is 361 g/mol. The second kappa shape index (κ2) is 8.94. The van der Waals surface area contributed by atoms with E-state index >= 15 is 0 Å². The summed E-state index contributed by atoms with van der Waals surface area (Å²) in [5.74, 6) is 0.692. The Balaban J connectivity index is 1.86. The summed E-state index contributed by atoms with van der Waals surface area (Å²) in [6.45, 7) is 2.19. The summed E-state index contributed by atoms with van der Waals surface area (Å²) < 4.78 is 5.23. The highest BCUT2D eigenvalue weighted by Gasteiger charge is 2.06. The predicted octanol–water partition coefficient (Wildman–Crippen LogP) is 3.41. The molecular formula is C18H21ClN4O2. The van der Waals surface area contributed by atoms with Crippen LogP contribution in [0.15, 0.2) is 47.5 Å². The van der Waals surface area contributed by atoms with E-state index in [2.05, 4.69) is 15.6 Å². The van der Waals surface area contributed by atoms with Gasteiger partial charge in [-0.3, -0.25) is 9.79 Å². The molecule has 7 heteroatoms. The molecule has 132 valence electrons. The minimum atomic E-state index is -0.181. The topological polar surface area (TPSA) is 88.7 Å². The molecule has 1 amide bonds. The number of carbonyl (C=O) groups is 1. The number of ether oxygens (including phenoxy) is 1. The minimum Gasteiger partial charge on any atom is -0.495 e. The van der Waals surface area contributed by atoms with Crippen molar-refractivity contribution < 1.29 is 9.53 Å². The largest absolute Gasteiger partial charge is 0.495 e. The van der Waals surface area contributed by atoms with Gasteiger partial charge >= 0.3 is 0 Å². The third-order valence-corrected chi connectivity index (χ3v) is 3.70. The third kappa shape index (κ3) is 5.69. The minimum absolute atomic E-state index is 0.181. The van der Waals surface area contributed by atoms with E-state index in [4.69, 9.17) is 22.1 Å². The van der Waals surface area contributed by atoms with Crippen molar-refractivity contribution in [3.8, 4) is 5.75 Å². The Labute approximate surface area is 152 Å². The first-order valence-corrected chi connectivity index (χ1v) is 8.13. The number of hydrogen-bond acceptors (Lipinski definition) is 3. The van der Waals surface area contributed by atoms with Gasteiger partial charge in [0.25, 0.3) is 0 Å². The maximum absolute atomic E-state index is 12.0. The van der Waals surface area contributed by atoms with Gasteiger partial charge in [0.15, 0.2) is 5.96 Å². The molecule has 0 spiro atoms. The summed E-state index contributed by atoms with van der Waals surface area (Å²) in [6.07, 6.45) is 0.193.